The molecule has 2 aliphatic rings. The summed E-state index contributed by atoms with van der Waals surface area (Å²) in [6.45, 7) is 5.85. The van der Waals surface area contributed by atoms with Gasteiger partial charge in [-0.3, -0.25) is 4.90 Å². The van der Waals surface area contributed by atoms with Crippen LogP contribution in [-0.2, 0) is 16.0 Å². The van der Waals surface area contributed by atoms with Gasteiger partial charge in [-0.25, -0.2) is 4.98 Å². The highest BCUT2D eigenvalue weighted by Gasteiger charge is 2.18. The molecule has 0 unspecified atom stereocenters. The van der Waals surface area contributed by atoms with Gasteiger partial charge in [-0.15, -0.1) is 0 Å². The zero-order chi connectivity index (χ0) is 21.8. The molecule has 5 rings (SSSR count). The number of fused-ring (bicyclic) bond motifs is 1. The molecule has 0 aliphatic carbocycles. The summed E-state index contributed by atoms with van der Waals surface area (Å²) in [4.78, 5) is 19.2. The van der Waals surface area contributed by atoms with Crippen molar-refractivity contribution in [2.75, 3.05) is 57.3 Å². The Kier molecular flexibility index (Phi) is 6.33. The average molecular weight is 440 g/mol. The van der Waals surface area contributed by atoms with Crippen molar-refractivity contribution in [2.45, 2.75) is 25.4 Å². The Balaban J connectivity index is 1.36. The zero-order valence-corrected chi connectivity index (χ0v) is 18.3. The third kappa shape index (κ3) is 4.77. The number of benzene rings is 1. The van der Waals surface area contributed by atoms with E-state index in [4.69, 9.17) is 19.2 Å². The third-order valence-corrected chi connectivity index (χ3v) is 5.87. The highest BCUT2D eigenvalue weighted by Crippen LogP contribution is 2.30. The molecule has 2 saturated heterocycles. The molecule has 10 heteroatoms. The summed E-state index contributed by atoms with van der Waals surface area (Å²) in [6, 6.07) is 6.49. The summed E-state index contributed by atoms with van der Waals surface area (Å²) in [6.07, 6.45) is 3.53. The largest absolute Gasteiger partial charge is 0.495 e. The van der Waals surface area contributed by atoms with Gasteiger partial charge in [0, 0.05) is 38.9 Å². The molecule has 2 aliphatic heterocycles. The normalized spacial score (nSPS) is 18.0. The number of hydrogen-bond acceptors (Lipinski definition) is 9. The summed E-state index contributed by atoms with van der Waals surface area (Å²) in [5.74, 6) is 1.96. The monoisotopic (exact) mass is 439 g/mol. The zero-order valence-electron chi connectivity index (χ0n) is 18.3. The van der Waals surface area contributed by atoms with Crippen LogP contribution in [0.1, 0.15) is 18.4 Å². The van der Waals surface area contributed by atoms with Crippen LogP contribution >= 0.6 is 0 Å². The number of H-pyrrole nitrogens is 1. The number of hydrogen-bond donors (Lipinski definition) is 3. The van der Waals surface area contributed by atoms with E-state index in [1.54, 1.807) is 13.4 Å². The lowest BCUT2D eigenvalue weighted by atomic mass is 10.1. The lowest BCUT2D eigenvalue weighted by Crippen LogP contribution is -2.35. The standard InChI is InChI=1S/C22H29N7O3/c1-30-18-12-15(13-29-6-10-32-11-7-29)2-3-17(18)26-22-27-20-19(23-14-24-20)21(28-22)25-16-4-8-31-9-5-16/h2-3,12,14,16H,4-11,13H2,1H3,(H3,23,24,25,26,27,28). The van der Waals surface area contributed by atoms with Crippen LogP contribution in [0.3, 0.4) is 0 Å². The van der Waals surface area contributed by atoms with Gasteiger partial charge in [0.2, 0.25) is 5.95 Å². The maximum atomic E-state index is 5.66. The van der Waals surface area contributed by atoms with Crippen molar-refractivity contribution in [3.05, 3.63) is 30.1 Å². The summed E-state index contributed by atoms with van der Waals surface area (Å²) in [7, 11) is 1.68. The van der Waals surface area contributed by atoms with E-state index in [9.17, 15) is 0 Å². The maximum Gasteiger partial charge on any atom is 0.231 e. The van der Waals surface area contributed by atoms with E-state index >= 15 is 0 Å². The Morgan fingerprint density at radius 3 is 2.75 bits per heavy atom. The average Bonchev–Trinajstić information content (AvgIpc) is 3.30. The molecular weight excluding hydrogens is 410 g/mol. The van der Waals surface area contributed by atoms with Crippen molar-refractivity contribution in [1.29, 1.82) is 0 Å². The number of aromatic nitrogens is 4. The lowest BCUT2D eigenvalue weighted by molar-refractivity contribution is 0.0342. The molecule has 10 nitrogen and oxygen atoms in total. The lowest BCUT2D eigenvalue weighted by Gasteiger charge is -2.26. The first-order chi connectivity index (χ1) is 15.8. The van der Waals surface area contributed by atoms with E-state index in [0.29, 0.717) is 17.6 Å². The number of anilines is 3. The van der Waals surface area contributed by atoms with E-state index in [0.717, 1.165) is 81.7 Å². The van der Waals surface area contributed by atoms with Crippen LogP contribution in [-0.4, -0.2) is 77.5 Å². The van der Waals surface area contributed by atoms with Gasteiger partial charge in [-0.05, 0) is 30.5 Å². The second kappa shape index (κ2) is 9.68. The fraction of sp³-hybridized carbons (Fsp3) is 0.500. The highest BCUT2D eigenvalue weighted by atomic mass is 16.5. The first-order valence-corrected chi connectivity index (χ1v) is 11.1. The van der Waals surface area contributed by atoms with Crippen molar-refractivity contribution in [3.8, 4) is 5.75 Å². The van der Waals surface area contributed by atoms with Crippen LogP contribution in [0.5, 0.6) is 5.75 Å². The van der Waals surface area contributed by atoms with E-state index in [1.807, 2.05) is 6.07 Å². The molecule has 0 bridgehead atoms. The Morgan fingerprint density at radius 2 is 1.94 bits per heavy atom. The van der Waals surface area contributed by atoms with E-state index in [2.05, 4.69) is 42.6 Å². The maximum absolute atomic E-state index is 5.66. The number of rotatable bonds is 7. The molecule has 0 amide bonds. The van der Waals surface area contributed by atoms with Crippen molar-refractivity contribution < 1.29 is 14.2 Å². The predicted molar refractivity (Wildman–Crippen MR) is 122 cm³/mol. The summed E-state index contributed by atoms with van der Waals surface area (Å²) < 4.78 is 16.6. The van der Waals surface area contributed by atoms with Crippen LogP contribution in [0.4, 0.5) is 17.5 Å². The van der Waals surface area contributed by atoms with Gasteiger partial charge in [0.05, 0.1) is 32.3 Å². The van der Waals surface area contributed by atoms with Crippen molar-refractivity contribution >= 4 is 28.6 Å². The number of methoxy groups -OCH3 is 1. The molecular formula is C22H29N7O3. The quantitative estimate of drug-likeness (QED) is 0.511. The van der Waals surface area contributed by atoms with Crippen LogP contribution < -0.4 is 15.4 Å². The van der Waals surface area contributed by atoms with Gasteiger partial charge in [0.25, 0.3) is 0 Å². The number of ether oxygens (including phenoxy) is 3. The Labute approximate surface area is 186 Å². The number of nitrogens with zero attached hydrogens (tertiary/aromatic N) is 4. The van der Waals surface area contributed by atoms with Gasteiger partial charge in [-0.1, -0.05) is 6.07 Å². The van der Waals surface area contributed by atoms with E-state index < -0.39 is 0 Å². The molecule has 2 fully saturated rings. The second-order valence-electron chi connectivity index (χ2n) is 8.08. The van der Waals surface area contributed by atoms with Gasteiger partial charge in [0.1, 0.15) is 11.3 Å². The topological polar surface area (TPSA) is 109 Å². The second-order valence-corrected chi connectivity index (χ2v) is 8.08. The van der Waals surface area contributed by atoms with Crippen molar-refractivity contribution in [3.63, 3.8) is 0 Å². The molecule has 32 heavy (non-hydrogen) atoms. The summed E-state index contributed by atoms with van der Waals surface area (Å²) in [5.41, 5.74) is 3.42. The van der Waals surface area contributed by atoms with E-state index in [1.165, 1.54) is 5.56 Å². The molecule has 0 spiro atoms. The first kappa shape index (κ1) is 20.9. The predicted octanol–water partition coefficient (Wildman–Crippen LogP) is 2.53. The molecule has 1 aromatic carbocycles. The number of morpholine rings is 1. The van der Waals surface area contributed by atoms with Crippen LogP contribution in [0, 0.1) is 0 Å². The third-order valence-electron chi connectivity index (χ3n) is 5.87. The molecule has 0 radical (unpaired) electrons. The fourth-order valence-electron chi connectivity index (χ4n) is 4.10. The smallest absolute Gasteiger partial charge is 0.231 e. The molecule has 0 atom stereocenters. The van der Waals surface area contributed by atoms with Crippen LogP contribution in [0.15, 0.2) is 24.5 Å². The van der Waals surface area contributed by atoms with Gasteiger partial charge < -0.3 is 29.8 Å². The summed E-state index contributed by atoms with van der Waals surface area (Å²) >= 11 is 0. The molecule has 4 heterocycles. The number of nitrogens with one attached hydrogen (secondary N) is 3. The Morgan fingerprint density at radius 1 is 1.12 bits per heavy atom. The van der Waals surface area contributed by atoms with E-state index in [-0.39, 0.29) is 0 Å². The fourth-order valence-corrected chi connectivity index (χ4v) is 4.10. The molecule has 0 saturated carbocycles. The van der Waals surface area contributed by atoms with Crippen molar-refractivity contribution in [2.24, 2.45) is 0 Å². The van der Waals surface area contributed by atoms with Gasteiger partial charge in [-0.2, -0.15) is 9.97 Å². The molecule has 3 aromatic rings. The molecule has 3 N–H and O–H groups in total. The Hall–Kier alpha value is -2.95. The minimum Gasteiger partial charge on any atom is -0.495 e. The van der Waals surface area contributed by atoms with Gasteiger partial charge >= 0.3 is 0 Å². The molecule has 2 aromatic heterocycles. The summed E-state index contributed by atoms with van der Waals surface area (Å²) in [5, 5.41) is 6.84. The first-order valence-electron chi connectivity index (χ1n) is 11.1. The highest BCUT2D eigenvalue weighted by molar-refractivity contribution is 5.84. The molecule has 170 valence electrons. The minimum atomic E-state index is 0.312. The number of imidazole rings is 1. The minimum absolute atomic E-state index is 0.312. The number of aromatic amines is 1. The Bertz CT molecular complexity index is 1050. The van der Waals surface area contributed by atoms with Crippen LogP contribution in [0.25, 0.3) is 11.2 Å². The van der Waals surface area contributed by atoms with Gasteiger partial charge in [0.15, 0.2) is 11.5 Å². The van der Waals surface area contributed by atoms with Crippen molar-refractivity contribution in [1.82, 2.24) is 24.8 Å². The SMILES string of the molecule is COc1cc(CN2CCOCC2)ccc1Nc1nc(NC2CCOCC2)c2[nH]cnc2n1. The van der Waals surface area contributed by atoms with Crippen LogP contribution in [0.2, 0.25) is 0 Å².